The van der Waals surface area contributed by atoms with Crippen molar-refractivity contribution in [3.63, 3.8) is 0 Å². The molecule has 1 fully saturated rings. The van der Waals surface area contributed by atoms with Crippen LogP contribution in [0.5, 0.6) is 5.75 Å². The number of benzene rings is 1. The summed E-state index contributed by atoms with van der Waals surface area (Å²) in [6.07, 6.45) is 2.67. The number of aromatic nitrogens is 2. The molecule has 0 bridgehead atoms. The number of rotatable bonds is 9. The summed E-state index contributed by atoms with van der Waals surface area (Å²) in [5.74, 6) is 3.52. The Bertz CT molecular complexity index is 819. The first-order valence-corrected chi connectivity index (χ1v) is 10.9. The Hall–Kier alpha value is -2.77. The van der Waals surface area contributed by atoms with Gasteiger partial charge in [0, 0.05) is 44.6 Å². The highest BCUT2D eigenvalue weighted by atomic mass is 16.5. The van der Waals surface area contributed by atoms with Gasteiger partial charge < -0.3 is 24.8 Å². The molecule has 0 radical (unpaired) electrons. The van der Waals surface area contributed by atoms with Crippen molar-refractivity contribution >= 4 is 11.6 Å². The van der Waals surface area contributed by atoms with Gasteiger partial charge in [-0.25, -0.2) is 0 Å². The van der Waals surface area contributed by atoms with E-state index < -0.39 is 0 Å². The van der Waals surface area contributed by atoms with Crippen molar-refractivity contribution in [3.05, 3.63) is 36.0 Å². The zero-order valence-electron chi connectivity index (χ0n) is 18.5. The van der Waals surface area contributed by atoms with E-state index in [1.54, 1.807) is 7.11 Å². The Labute approximate surface area is 179 Å². The van der Waals surface area contributed by atoms with Crippen molar-refractivity contribution < 1.29 is 9.26 Å². The van der Waals surface area contributed by atoms with Gasteiger partial charge in [-0.15, -0.1) is 0 Å². The van der Waals surface area contributed by atoms with Gasteiger partial charge in [0.15, 0.2) is 11.8 Å². The first-order valence-electron chi connectivity index (χ1n) is 10.9. The van der Waals surface area contributed by atoms with Crippen LogP contribution in [0.4, 0.5) is 5.69 Å². The molecule has 0 saturated carbocycles. The lowest BCUT2D eigenvalue weighted by Crippen LogP contribution is -2.44. The minimum absolute atomic E-state index is 0.284. The summed E-state index contributed by atoms with van der Waals surface area (Å²) in [4.78, 5) is 11.5. The Balaban J connectivity index is 1.50. The van der Waals surface area contributed by atoms with E-state index in [2.05, 4.69) is 58.6 Å². The van der Waals surface area contributed by atoms with Gasteiger partial charge in [-0.05, 0) is 31.9 Å². The number of aliphatic imine (C=N–C) groups is 1. The van der Waals surface area contributed by atoms with Crippen LogP contribution in [-0.4, -0.2) is 55.4 Å². The molecule has 2 N–H and O–H groups in total. The molecule has 1 atom stereocenters. The lowest BCUT2D eigenvalue weighted by molar-refractivity contribution is 0.369. The molecule has 1 aromatic carbocycles. The first kappa shape index (κ1) is 21.9. The van der Waals surface area contributed by atoms with Crippen LogP contribution in [0.3, 0.4) is 0 Å². The summed E-state index contributed by atoms with van der Waals surface area (Å²) >= 11 is 0. The fraction of sp³-hybridized carbons (Fsp3) is 0.591. The molecule has 164 valence electrons. The average Bonchev–Trinajstić information content (AvgIpc) is 3.41. The minimum Gasteiger partial charge on any atom is -0.495 e. The number of hydrogen-bond acceptors (Lipinski definition) is 6. The average molecular weight is 415 g/mol. The molecule has 1 unspecified atom stereocenters. The van der Waals surface area contributed by atoms with Crippen LogP contribution in [0.2, 0.25) is 0 Å². The van der Waals surface area contributed by atoms with Crippen molar-refractivity contribution in [2.75, 3.05) is 38.2 Å². The highest BCUT2D eigenvalue weighted by molar-refractivity contribution is 5.80. The fourth-order valence-corrected chi connectivity index (χ4v) is 3.53. The van der Waals surface area contributed by atoms with E-state index in [4.69, 9.17) is 14.3 Å². The highest BCUT2D eigenvalue weighted by Crippen LogP contribution is 2.30. The lowest BCUT2D eigenvalue weighted by Gasteiger charge is -2.22. The Morgan fingerprint density at radius 3 is 2.93 bits per heavy atom. The first-order chi connectivity index (χ1) is 14.6. The summed E-state index contributed by atoms with van der Waals surface area (Å²) in [5.41, 5.74) is 1.14. The normalized spacial score (nSPS) is 16.9. The summed E-state index contributed by atoms with van der Waals surface area (Å²) in [6, 6.07) is 8.52. The van der Waals surface area contributed by atoms with E-state index in [1.165, 1.54) is 0 Å². The van der Waals surface area contributed by atoms with E-state index in [9.17, 15) is 0 Å². The number of anilines is 1. The maximum absolute atomic E-state index is 5.51. The zero-order valence-corrected chi connectivity index (χ0v) is 18.5. The van der Waals surface area contributed by atoms with Crippen molar-refractivity contribution in [2.24, 2.45) is 4.99 Å². The summed E-state index contributed by atoms with van der Waals surface area (Å²) < 4.78 is 10.8. The van der Waals surface area contributed by atoms with Gasteiger partial charge in [-0.2, -0.15) is 4.98 Å². The van der Waals surface area contributed by atoms with Crippen LogP contribution in [0.1, 0.15) is 51.2 Å². The fourth-order valence-electron chi connectivity index (χ4n) is 3.53. The number of ether oxygens (including phenoxy) is 1. The smallest absolute Gasteiger partial charge is 0.226 e. The van der Waals surface area contributed by atoms with Gasteiger partial charge in [0.1, 0.15) is 5.75 Å². The summed E-state index contributed by atoms with van der Waals surface area (Å²) in [7, 11) is 1.72. The van der Waals surface area contributed by atoms with Crippen molar-refractivity contribution in [1.29, 1.82) is 0 Å². The zero-order chi connectivity index (χ0) is 21.3. The molecule has 30 heavy (non-hydrogen) atoms. The molecule has 0 spiro atoms. The molecule has 0 aliphatic carbocycles. The molecule has 1 aromatic heterocycles. The maximum atomic E-state index is 5.51. The van der Waals surface area contributed by atoms with Crippen LogP contribution >= 0.6 is 0 Å². The quantitative estimate of drug-likeness (QED) is 0.370. The van der Waals surface area contributed by atoms with E-state index in [0.717, 1.165) is 62.1 Å². The third-order valence-corrected chi connectivity index (χ3v) is 5.12. The number of guanidine groups is 1. The second-order valence-electron chi connectivity index (χ2n) is 7.81. The van der Waals surface area contributed by atoms with Crippen LogP contribution in [0.15, 0.2) is 33.8 Å². The van der Waals surface area contributed by atoms with E-state index in [-0.39, 0.29) is 5.92 Å². The molecular weight excluding hydrogens is 380 g/mol. The molecule has 1 aliphatic rings. The largest absolute Gasteiger partial charge is 0.495 e. The highest BCUT2D eigenvalue weighted by Gasteiger charge is 2.25. The molecule has 0 amide bonds. The Morgan fingerprint density at radius 1 is 1.37 bits per heavy atom. The number of nitrogens with zero attached hydrogens (tertiary/aromatic N) is 4. The molecule has 1 saturated heterocycles. The third-order valence-electron chi connectivity index (χ3n) is 5.12. The topological polar surface area (TPSA) is 87.8 Å². The van der Waals surface area contributed by atoms with Crippen LogP contribution in [0.25, 0.3) is 0 Å². The Morgan fingerprint density at radius 2 is 2.20 bits per heavy atom. The van der Waals surface area contributed by atoms with Gasteiger partial charge in [-0.1, -0.05) is 31.1 Å². The van der Waals surface area contributed by atoms with E-state index in [1.807, 2.05) is 12.1 Å². The molecule has 8 nitrogen and oxygen atoms in total. The van der Waals surface area contributed by atoms with Crippen LogP contribution in [0, 0.1) is 0 Å². The van der Waals surface area contributed by atoms with Crippen LogP contribution in [-0.2, 0) is 6.42 Å². The molecule has 2 heterocycles. The number of nitrogens with one attached hydrogen (secondary N) is 2. The van der Waals surface area contributed by atoms with E-state index in [0.29, 0.717) is 18.5 Å². The van der Waals surface area contributed by atoms with Gasteiger partial charge in [0.2, 0.25) is 5.89 Å². The van der Waals surface area contributed by atoms with Crippen LogP contribution < -0.4 is 20.3 Å². The van der Waals surface area contributed by atoms with Gasteiger partial charge in [0.05, 0.1) is 12.8 Å². The summed E-state index contributed by atoms with van der Waals surface area (Å²) in [5, 5.41) is 10.9. The second-order valence-corrected chi connectivity index (χ2v) is 7.81. The number of hydrogen-bond donors (Lipinski definition) is 2. The molecular formula is C22H34N6O2. The van der Waals surface area contributed by atoms with Gasteiger partial charge in [-0.3, -0.25) is 4.99 Å². The standard InChI is InChI=1S/C22H34N6O2/c1-5-23-22(24-13-8-11-20-26-21(16(2)3)27-30-20)25-17-12-14-28(15-17)18-9-6-7-10-19(18)29-4/h6-7,9-10,16-17H,5,8,11-15H2,1-4H3,(H2,23,24,25). The van der Waals surface area contributed by atoms with Gasteiger partial charge >= 0.3 is 0 Å². The SMILES string of the molecule is CCNC(=NCCCc1nc(C(C)C)no1)NC1CCN(c2ccccc2OC)C1. The van der Waals surface area contributed by atoms with Gasteiger partial charge in [0.25, 0.3) is 0 Å². The lowest BCUT2D eigenvalue weighted by atomic mass is 10.2. The van der Waals surface area contributed by atoms with Crippen molar-refractivity contribution in [2.45, 2.75) is 52.0 Å². The number of methoxy groups -OCH3 is 1. The van der Waals surface area contributed by atoms with Crippen molar-refractivity contribution in [3.8, 4) is 5.75 Å². The predicted molar refractivity (Wildman–Crippen MR) is 119 cm³/mol. The molecule has 1 aliphatic heterocycles. The maximum Gasteiger partial charge on any atom is 0.226 e. The predicted octanol–water partition coefficient (Wildman–Crippen LogP) is 2.97. The molecule has 3 rings (SSSR count). The van der Waals surface area contributed by atoms with E-state index >= 15 is 0 Å². The Kier molecular flexibility index (Phi) is 7.93. The minimum atomic E-state index is 0.284. The number of para-hydroxylation sites is 2. The molecule has 8 heteroatoms. The summed E-state index contributed by atoms with van der Waals surface area (Å²) in [6.45, 7) is 9.65. The van der Waals surface area contributed by atoms with Crippen molar-refractivity contribution in [1.82, 2.24) is 20.8 Å². The third kappa shape index (κ3) is 5.87. The second kappa shape index (κ2) is 10.8. The number of aryl methyl sites for hydroxylation is 1. The molecule has 2 aromatic rings. The monoisotopic (exact) mass is 414 g/mol.